The molecule has 0 N–H and O–H groups in total. The van der Waals surface area contributed by atoms with Crippen LogP contribution in [0.4, 0.5) is 17.1 Å². The average Bonchev–Trinajstić information content (AvgIpc) is 3.68. The van der Waals surface area contributed by atoms with Gasteiger partial charge in [0.05, 0.1) is 5.69 Å². The highest BCUT2D eigenvalue weighted by molar-refractivity contribution is 6.16. The topological polar surface area (TPSA) is 29.5 Å². The zero-order valence-corrected chi connectivity index (χ0v) is 24.4. The fraction of sp³-hybridized carbons (Fsp3) is 0. The zero-order valence-electron chi connectivity index (χ0n) is 24.4. The van der Waals surface area contributed by atoms with Crippen LogP contribution in [0, 0.1) is 0 Å². The first-order valence-corrected chi connectivity index (χ1v) is 15.2. The van der Waals surface area contributed by atoms with Crippen molar-refractivity contribution >= 4 is 60.9 Å². The van der Waals surface area contributed by atoms with Gasteiger partial charge in [-0.1, -0.05) is 109 Å². The standard InChI is InChI=1S/C42H27NO2/c1-3-11-29(12-4-1)33-25-26-37(42-41(33)36-16-8-10-18-39(36)45-42)43(31-13-5-2-6-14-31)32-22-19-28(20-23-32)30-21-24-35-34-15-7-9-17-38(34)44-40(35)27-30/h1-27H. The number of fused-ring (bicyclic) bond motifs is 6. The fourth-order valence-electron chi connectivity index (χ4n) is 6.56. The first-order chi connectivity index (χ1) is 22.3. The predicted molar refractivity (Wildman–Crippen MR) is 187 cm³/mol. The Morgan fingerprint density at radius 2 is 0.978 bits per heavy atom. The maximum absolute atomic E-state index is 6.68. The molecule has 0 atom stereocenters. The Bertz CT molecular complexity index is 2470. The van der Waals surface area contributed by atoms with E-state index < -0.39 is 0 Å². The molecule has 3 nitrogen and oxygen atoms in total. The minimum Gasteiger partial charge on any atom is -0.456 e. The third-order valence-electron chi connectivity index (χ3n) is 8.68. The third-order valence-corrected chi connectivity index (χ3v) is 8.68. The molecule has 2 heterocycles. The van der Waals surface area contributed by atoms with Crippen LogP contribution in [0.5, 0.6) is 0 Å². The van der Waals surface area contributed by atoms with Crippen LogP contribution >= 0.6 is 0 Å². The summed E-state index contributed by atoms with van der Waals surface area (Å²) in [4.78, 5) is 2.28. The van der Waals surface area contributed by atoms with Crippen molar-refractivity contribution in [3.8, 4) is 22.3 Å². The van der Waals surface area contributed by atoms with Gasteiger partial charge in [0.1, 0.15) is 16.7 Å². The van der Waals surface area contributed by atoms with Gasteiger partial charge in [0.2, 0.25) is 0 Å². The molecule has 3 heteroatoms. The lowest BCUT2D eigenvalue weighted by atomic mass is 9.98. The van der Waals surface area contributed by atoms with E-state index >= 15 is 0 Å². The second-order valence-corrected chi connectivity index (χ2v) is 11.3. The van der Waals surface area contributed by atoms with Gasteiger partial charge in [-0.05, 0) is 76.9 Å². The molecule has 0 spiro atoms. The molecule has 9 rings (SSSR count). The predicted octanol–water partition coefficient (Wildman–Crippen LogP) is 12.3. The Morgan fingerprint density at radius 1 is 0.378 bits per heavy atom. The molecule has 0 saturated carbocycles. The van der Waals surface area contributed by atoms with Crippen molar-refractivity contribution in [1.82, 2.24) is 0 Å². The second kappa shape index (κ2) is 10.3. The van der Waals surface area contributed by atoms with E-state index in [0.29, 0.717) is 0 Å². The van der Waals surface area contributed by atoms with Crippen molar-refractivity contribution in [2.45, 2.75) is 0 Å². The number of hydrogen-bond donors (Lipinski definition) is 0. The number of hydrogen-bond acceptors (Lipinski definition) is 3. The summed E-state index contributed by atoms with van der Waals surface area (Å²) in [6, 6.07) is 57.2. The van der Waals surface area contributed by atoms with Gasteiger partial charge in [-0.2, -0.15) is 0 Å². The first kappa shape index (κ1) is 25.4. The molecule has 7 aromatic carbocycles. The van der Waals surface area contributed by atoms with Crippen LogP contribution in [0.3, 0.4) is 0 Å². The summed E-state index contributed by atoms with van der Waals surface area (Å²) in [5, 5.41) is 4.50. The number of nitrogens with zero attached hydrogens (tertiary/aromatic N) is 1. The number of anilines is 3. The van der Waals surface area contributed by atoms with E-state index in [-0.39, 0.29) is 0 Å². The number of para-hydroxylation sites is 3. The van der Waals surface area contributed by atoms with Crippen LogP contribution in [-0.2, 0) is 0 Å². The highest BCUT2D eigenvalue weighted by Crippen LogP contribution is 2.46. The van der Waals surface area contributed by atoms with Crippen LogP contribution in [-0.4, -0.2) is 0 Å². The lowest BCUT2D eigenvalue weighted by Gasteiger charge is -2.26. The lowest BCUT2D eigenvalue weighted by molar-refractivity contribution is 0.668. The van der Waals surface area contributed by atoms with Crippen molar-refractivity contribution in [2.75, 3.05) is 4.90 Å². The van der Waals surface area contributed by atoms with Gasteiger partial charge in [-0.3, -0.25) is 0 Å². The maximum Gasteiger partial charge on any atom is 0.160 e. The summed E-state index contributed by atoms with van der Waals surface area (Å²) >= 11 is 0. The summed E-state index contributed by atoms with van der Waals surface area (Å²) < 4.78 is 12.9. The number of rotatable bonds is 5. The van der Waals surface area contributed by atoms with Crippen LogP contribution in [0.25, 0.3) is 66.1 Å². The summed E-state index contributed by atoms with van der Waals surface area (Å²) in [7, 11) is 0. The van der Waals surface area contributed by atoms with Gasteiger partial charge in [0, 0.05) is 32.9 Å². The molecule has 212 valence electrons. The molecule has 0 aliphatic rings. The summed E-state index contributed by atoms with van der Waals surface area (Å²) in [5.74, 6) is 0. The molecular formula is C42H27NO2. The SMILES string of the molecule is c1ccc(-c2ccc(N(c3ccccc3)c3ccc(-c4ccc5c(c4)oc4ccccc45)cc3)c3oc4ccccc4c23)cc1. The molecule has 0 amide bonds. The monoisotopic (exact) mass is 577 g/mol. The van der Waals surface area contributed by atoms with E-state index in [1.807, 2.05) is 30.3 Å². The van der Waals surface area contributed by atoms with Crippen molar-refractivity contribution in [2.24, 2.45) is 0 Å². The van der Waals surface area contributed by atoms with Crippen molar-refractivity contribution < 1.29 is 8.83 Å². The van der Waals surface area contributed by atoms with Crippen molar-refractivity contribution in [1.29, 1.82) is 0 Å². The molecule has 2 aromatic heterocycles. The molecular weight excluding hydrogens is 550 g/mol. The van der Waals surface area contributed by atoms with E-state index in [1.165, 1.54) is 0 Å². The normalized spacial score (nSPS) is 11.6. The van der Waals surface area contributed by atoms with Gasteiger partial charge >= 0.3 is 0 Å². The lowest BCUT2D eigenvalue weighted by Crippen LogP contribution is -2.10. The summed E-state index contributed by atoms with van der Waals surface area (Å²) in [6.45, 7) is 0. The first-order valence-electron chi connectivity index (χ1n) is 15.2. The Kier molecular flexibility index (Phi) is 5.82. The van der Waals surface area contributed by atoms with Crippen molar-refractivity contribution in [3.63, 3.8) is 0 Å². The molecule has 45 heavy (non-hydrogen) atoms. The molecule has 0 bridgehead atoms. The fourth-order valence-corrected chi connectivity index (χ4v) is 6.56. The number of benzene rings is 7. The van der Waals surface area contributed by atoms with E-state index in [9.17, 15) is 0 Å². The highest BCUT2D eigenvalue weighted by Gasteiger charge is 2.22. The van der Waals surface area contributed by atoms with Crippen LogP contribution in [0.15, 0.2) is 173 Å². The van der Waals surface area contributed by atoms with Crippen molar-refractivity contribution in [3.05, 3.63) is 164 Å². The summed E-state index contributed by atoms with van der Waals surface area (Å²) in [6.07, 6.45) is 0. The Hall–Kier alpha value is -6.06. The third kappa shape index (κ3) is 4.21. The minimum atomic E-state index is 0.862. The smallest absolute Gasteiger partial charge is 0.160 e. The number of furan rings is 2. The zero-order chi connectivity index (χ0) is 29.7. The summed E-state index contributed by atoms with van der Waals surface area (Å²) in [5.41, 5.74) is 11.2. The van der Waals surface area contributed by atoms with E-state index in [4.69, 9.17) is 8.83 Å². The van der Waals surface area contributed by atoms with Gasteiger partial charge in [0.15, 0.2) is 5.58 Å². The molecule has 0 unspecified atom stereocenters. The maximum atomic E-state index is 6.68. The molecule has 9 aromatic rings. The van der Waals surface area contributed by atoms with Gasteiger partial charge < -0.3 is 13.7 Å². The molecule has 0 fully saturated rings. The van der Waals surface area contributed by atoms with E-state index in [0.717, 1.165) is 83.2 Å². The van der Waals surface area contributed by atoms with Crippen LogP contribution in [0.1, 0.15) is 0 Å². The average molecular weight is 578 g/mol. The largest absolute Gasteiger partial charge is 0.456 e. The van der Waals surface area contributed by atoms with Gasteiger partial charge in [-0.25, -0.2) is 0 Å². The van der Waals surface area contributed by atoms with E-state index in [2.05, 4.69) is 138 Å². The highest BCUT2D eigenvalue weighted by atomic mass is 16.3. The minimum absolute atomic E-state index is 0.862. The molecule has 0 radical (unpaired) electrons. The van der Waals surface area contributed by atoms with Crippen LogP contribution < -0.4 is 4.90 Å². The van der Waals surface area contributed by atoms with E-state index in [1.54, 1.807) is 0 Å². The Morgan fingerprint density at radius 3 is 1.76 bits per heavy atom. The second-order valence-electron chi connectivity index (χ2n) is 11.3. The molecule has 0 aliphatic heterocycles. The Labute approximate surface area is 260 Å². The van der Waals surface area contributed by atoms with Crippen LogP contribution in [0.2, 0.25) is 0 Å². The Balaban J connectivity index is 1.20. The quantitative estimate of drug-likeness (QED) is 0.204. The van der Waals surface area contributed by atoms with Gasteiger partial charge in [0.25, 0.3) is 0 Å². The van der Waals surface area contributed by atoms with Gasteiger partial charge in [-0.15, -0.1) is 0 Å². The molecule has 0 saturated heterocycles. The molecule has 0 aliphatic carbocycles.